The van der Waals surface area contributed by atoms with Gasteiger partial charge >= 0.3 is 0 Å². The van der Waals surface area contributed by atoms with Gasteiger partial charge in [-0.05, 0) is 111 Å². The van der Waals surface area contributed by atoms with Crippen LogP contribution in [0.15, 0.2) is 12.4 Å². The normalized spacial score (nSPS) is 14.4. The van der Waals surface area contributed by atoms with E-state index in [0.717, 1.165) is 6.42 Å². The van der Waals surface area contributed by atoms with Crippen LogP contribution in [-0.2, 0) is 24.2 Å². The van der Waals surface area contributed by atoms with Crippen molar-refractivity contribution in [2.24, 2.45) is 0 Å². The lowest BCUT2D eigenvalue weighted by Crippen LogP contribution is -2.28. The zero-order chi connectivity index (χ0) is 26.6. The maximum atomic E-state index is 10.5. The zero-order valence-corrected chi connectivity index (χ0v) is 23.7. The Kier molecular flexibility index (Phi) is 10.2. The van der Waals surface area contributed by atoms with Gasteiger partial charge < -0.3 is 29.6 Å². The average Bonchev–Trinajstić information content (AvgIpc) is 3.24. The molecular formula is C25H44N4O4S2. The van der Waals surface area contributed by atoms with Crippen molar-refractivity contribution in [3.05, 3.63) is 21.9 Å². The van der Waals surface area contributed by atoms with Crippen LogP contribution in [0.25, 0.3) is 0 Å². The molecule has 0 bridgehead atoms. The molecule has 0 aliphatic heterocycles. The molecule has 0 radical (unpaired) electrons. The predicted octanol–water partition coefficient (Wildman–Crippen LogP) is 5.43. The van der Waals surface area contributed by atoms with E-state index in [1.807, 2.05) is 50.7 Å². The van der Waals surface area contributed by atoms with E-state index < -0.39 is 23.3 Å². The topological polar surface area (TPSA) is 101 Å². The number of aliphatic hydroxyl groups is 2. The molecule has 0 amide bonds. The largest absolute Gasteiger partial charge is 0.493 e. The second-order valence-corrected chi connectivity index (χ2v) is 11.5. The minimum atomic E-state index is -0.480. The first-order chi connectivity index (χ1) is 16.2. The third-order valence-corrected chi connectivity index (χ3v) is 7.85. The Labute approximate surface area is 219 Å². The van der Waals surface area contributed by atoms with E-state index in [1.165, 1.54) is 0 Å². The average molecular weight is 529 g/mol. The van der Waals surface area contributed by atoms with Crippen LogP contribution in [0.1, 0.15) is 86.5 Å². The molecule has 2 aromatic rings. The minimum Gasteiger partial charge on any atom is -0.493 e. The van der Waals surface area contributed by atoms with Gasteiger partial charge in [-0.15, -0.1) is 0 Å². The molecule has 0 aromatic carbocycles. The summed E-state index contributed by atoms with van der Waals surface area (Å²) in [5.41, 5.74) is -0.839. The molecule has 2 unspecified atom stereocenters. The highest BCUT2D eigenvalue weighted by atomic mass is 32.1. The smallest absolute Gasteiger partial charge is 0.210 e. The highest BCUT2D eigenvalue weighted by Crippen LogP contribution is 2.31. The first-order valence-electron chi connectivity index (χ1n) is 12.6. The monoisotopic (exact) mass is 528 g/mol. The third kappa shape index (κ3) is 7.21. The predicted molar refractivity (Wildman–Crippen MR) is 144 cm³/mol. The van der Waals surface area contributed by atoms with E-state index in [9.17, 15) is 20.4 Å². The minimum absolute atomic E-state index is 0.142. The molecule has 2 heterocycles. The van der Waals surface area contributed by atoms with Crippen molar-refractivity contribution in [3.8, 4) is 11.8 Å². The Morgan fingerprint density at radius 2 is 1.06 bits per heavy atom. The van der Waals surface area contributed by atoms with E-state index in [-0.39, 0.29) is 11.8 Å². The standard InChI is InChI=1S/C25H44N4O4S2/c1-7-26-16-20(32)28(22(26)34)24(3,4)14-12-18(30)10-9-11-19(31)13-15-25(5,6)29-21(33)17-27(8-2)23(29)35/h16-19,30-33H,7-15H2,1-6H3. The molecule has 10 heteroatoms. The Morgan fingerprint density at radius 1 is 0.714 bits per heavy atom. The van der Waals surface area contributed by atoms with Gasteiger partial charge in [-0.2, -0.15) is 0 Å². The number of imidazole rings is 2. The van der Waals surface area contributed by atoms with E-state index in [2.05, 4.69) is 0 Å². The van der Waals surface area contributed by atoms with Gasteiger partial charge in [0, 0.05) is 24.2 Å². The number of rotatable bonds is 14. The molecule has 35 heavy (non-hydrogen) atoms. The summed E-state index contributed by atoms with van der Waals surface area (Å²) >= 11 is 11.0. The summed E-state index contributed by atoms with van der Waals surface area (Å²) in [7, 11) is 0. The van der Waals surface area contributed by atoms with Gasteiger partial charge in [0.25, 0.3) is 0 Å². The van der Waals surface area contributed by atoms with Crippen LogP contribution in [0.3, 0.4) is 0 Å². The molecule has 0 aliphatic carbocycles. The fourth-order valence-electron chi connectivity index (χ4n) is 4.69. The van der Waals surface area contributed by atoms with Crippen LogP contribution in [0.4, 0.5) is 0 Å². The summed E-state index contributed by atoms with van der Waals surface area (Å²) < 4.78 is 8.33. The molecule has 4 N–H and O–H groups in total. The first kappa shape index (κ1) is 29.6. The van der Waals surface area contributed by atoms with Crippen molar-refractivity contribution in [1.29, 1.82) is 0 Å². The lowest BCUT2D eigenvalue weighted by molar-refractivity contribution is 0.106. The highest BCUT2D eigenvalue weighted by Gasteiger charge is 2.27. The summed E-state index contributed by atoms with van der Waals surface area (Å²) in [5, 5.41) is 41.7. The quantitative estimate of drug-likeness (QED) is 0.244. The van der Waals surface area contributed by atoms with Crippen molar-refractivity contribution in [3.63, 3.8) is 0 Å². The van der Waals surface area contributed by atoms with Gasteiger partial charge in [0.15, 0.2) is 9.54 Å². The van der Waals surface area contributed by atoms with Crippen molar-refractivity contribution >= 4 is 24.4 Å². The molecule has 0 fully saturated rings. The first-order valence-corrected chi connectivity index (χ1v) is 13.5. The molecular weight excluding hydrogens is 484 g/mol. The maximum absolute atomic E-state index is 10.5. The molecule has 0 saturated heterocycles. The van der Waals surface area contributed by atoms with Crippen LogP contribution < -0.4 is 0 Å². The van der Waals surface area contributed by atoms with Crippen LogP contribution in [-0.4, -0.2) is 50.9 Å². The van der Waals surface area contributed by atoms with Crippen molar-refractivity contribution in [2.45, 2.75) is 123 Å². The number of hydrogen-bond donors (Lipinski definition) is 4. The molecule has 2 aromatic heterocycles. The van der Waals surface area contributed by atoms with Gasteiger partial charge in [0.1, 0.15) is 0 Å². The summed E-state index contributed by atoms with van der Waals surface area (Å²) in [6.07, 6.45) is 6.78. The Balaban J connectivity index is 1.80. The molecule has 0 spiro atoms. The Morgan fingerprint density at radius 3 is 1.34 bits per heavy atom. The lowest BCUT2D eigenvalue weighted by atomic mass is 9.92. The Bertz CT molecular complexity index is 996. The highest BCUT2D eigenvalue weighted by molar-refractivity contribution is 7.71. The number of hydrogen-bond acceptors (Lipinski definition) is 6. The van der Waals surface area contributed by atoms with E-state index in [4.69, 9.17) is 24.4 Å². The number of aryl methyl sites for hydroxylation is 2. The third-order valence-electron chi connectivity index (χ3n) is 7.02. The van der Waals surface area contributed by atoms with Gasteiger partial charge in [0.2, 0.25) is 11.8 Å². The fraction of sp³-hybridized carbons (Fsp3) is 0.760. The summed E-state index contributed by atoms with van der Waals surface area (Å²) in [6, 6.07) is 0. The lowest BCUT2D eigenvalue weighted by Gasteiger charge is -2.29. The van der Waals surface area contributed by atoms with E-state index in [0.29, 0.717) is 61.2 Å². The molecule has 2 rings (SSSR count). The van der Waals surface area contributed by atoms with Crippen molar-refractivity contribution in [1.82, 2.24) is 18.3 Å². The molecule has 0 saturated carbocycles. The molecule has 2 atom stereocenters. The maximum Gasteiger partial charge on any atom is 0.210 e. The van der Waals surface area contributed by atoms with E-state index in [1.54, 1.807) is 21.5 Å². The SMILES string of the molecule is CCn1cc(O)n(C(C)(C)CCC(O)CCCC(O)CCC(C)(C)n2c(O)cn(CC)c2=S)c1=S. The second-order valence-electron chi connectivity index (χ2n) is 10.7. The number of aromatic hydroxyl groups is 2. The molecule has 0 aliphatic rings. The van der Waals surface area contributed by atoms with Crippen molar-refractivity contribution in [2.75, 3.05) is 0 Å². The van der Waals surface area contributed by atoms with Crippen LogP contribution >= 0.6 is 24.4 Å². The Hall–Kier alpha value is -1.62. The van der Waals surface area contributed by atoms with Crippen LogP contribution in [0.2, 0.25) is 0 Å². The second kappa shape index (κ2) is 12.1. The summed E-state index contributed by atoms with van der Waals surface area (Å²) in [5.74, 6) is 0.284. The number of nitrogens with zero attached hydrogens (tertiary/aromatic N) is 4. The van der Waals surface area contributed by atoms with Crippen LogP contribution in [0, 0.1) is 9.54 Å². The van der Waals surface area contributed by atoms with Gasteiger partial charge in [-0.3, -0.25) is 9.13 Å². The molecule has 200 valence electrons. The van der Waals surface area contributed by atoms with E-state index >= 15 is 0 Å². The number of aromatic nitrogens is 4. The van der Waals surface area contributed by atoms with Gasteiger partial charge in [0.05, 0.1) is 24.6 Å². The van der Waals surface area contributed by atoms with Crippen LogP contribution in [0.5, 0.6) is 11.8 Å². The number of aliphatic hydroxyl groups excluding tert-OH is 2. The van der Waals surface area contributed by atoms with Crippen molar-refractivity contribution < 1.29 is 20.4 Å². The summed E-state index contributed by atoms with van der Waals surface area (Å²) in [6.45, 7) is 13.4. The van der Waals surface area contributed by atoms with Gasteiger partial charge in [-0.1, -0.05) is 0 Å². The summed E-state index contributed by atoms with van der Waals surface area (Å²) in [4.78, 5) is 0. The zero-order valence-electron chi connectivity index (χ0n) is 22.1. The van der Waals surface area contributed by atoms with Gasteiger partial charge in [-0.25, -0.2) is 0 Å². The fourth-order valence-corrected chi connectivity index (χ4v) is 5.73. The molecule has 8 nitrogen and oxygen atoms in total.